The zero-order valence-electron chi connectivity index (χ0n) is 8.01. The first-order valence-corrected chi connectivity index (χ1v) is 4.89. The molecule has 0 radical (unpaired) electrons. The van der Waals surface area contributed by atoms with Gasteiger partial charge in [0.1, 0.15) is 0 Å². The summed E-state index contributed by atoms with van der Waals surface area (Å²) in [5.74, 6) is 0.609. The van der Waals surface area contributed by atoms with E-state index in [4.69, 9.17) is 5.26 Å². The van der Waals surface area contributed by atoms with Crippen molar-refractivity contribution in [3.8, 4) is 6.07 Å². The quantitative estimate of drug-likeness (QED) is 0.696. The molecule has 0 spiro atoms. The van der Waals surface area contributed by atoms with Gasteiger partial charge in [-0.25, -0.2) is 0 Å². The third-order valence-corrected chi connectivity index (χ3v) is 2.52. The fourth-order valence-electron chi connectivity index (χ4n) is 1.93. The highest BCUT2D eigenvalue weighted by Gasteiger charge is 2.24. The molecular weight excluding hydrogens is 148 g/mol. The molecule has 1 N–H and O–H groups in total. The van der Waals surface area contributed by atoms with E-state index in [0.29, 0.717) is 12.0 Å². The summed E-state index contributed by atoms with van der Waals surface area (Å²) in [6, 6.07) is 2.88. The average Bonchev–Trinajstić information content (AvgIpc) is 2.51. The molecule has 0 aromatic heterocycles. The zero-order chi connectivity index (χ0) is 8.97. The number of hydrogen-bond donors (Lipinski definition) is 1. The highest BCUT2D eigenvalue weighted by atomic mass is 14.9. The average molecular weight is 166 g/mol. The Morgan fingerprint density at radius 2 is 1.92 bits per heavy atom. The van der Waals surface area contributed by atoms with Crippen molar-refractivity contribution in [1.82, 2.24) is 5.32 Å². The Balaban J connectivity index is 2.39. The predicted molar refractivity (Wildman–Crippen MR) is 49.6 cm³/mol. The minimum absolute atomic E-state index is 0.0903. The van der Waals surface area contributed by atoms with E-state index in [2.05, 4.69) is 25.2 Å². The molecule has 0 amide bonds. The Hall–Kier alpha value is -0.550. The monoisotopic (exact) mass is 166 g/mol. The highest BCUT2D eigenvalue weighted by Crippen LogP contribution is 2.27. The lowest BCUT2D eigenvalue weighted by Gasteiger charge is -2.19. The molecule has 1 fully saturated rings. The maximum absolute atomic E-state index is 8.92. The fraction of sp³-hybridized carbons (Fsp3) is 0.900. The smallest absolute Gasteiger partial charge is 0.0983 e. The van der Waals surface area contributed by atoms with Crippen LogP contribution in [0.5, 0.6) is 0 Å². The van der Waals surface area contributed by atoms with Gasteiger partial charge < -0.3 is 0 Å². The summed E-state index contributed by atoms with van der Waals surface area (Å²) < 4.78 is 0. The van der Waals surface area contributed by atoms with E-state index in [1.54, 1.807) is 0 Å². The zero-order valence-corrected chi connectivity index (χ0v) is 8.01. The van der Waals surface area contributed by atoms with Crippen molar-refractivity contribution in [3.05, 3.63) is 0 Å². The van der Waals surface area contributed by atoms with Crippen LogP contribution in [0.2, 0.25) is 0 Å². The normalized spacial score (nSPS) is 21.2. The van der Waals surface area contributed by atoms with Gasteiger partial charge in [-0.1, -0.05) is 12.8 Å². The first kappa shape index (κ1) is 9.54. The van der Waals surface area contributed by atoms with Gasteiger partial charge in [0, 0.05) is 6.04 Å². The van der Waals surface area contributed by atoms with Gasteiger partial charge in [0.25, 0.3) is 0 Å². The van der Waals surface area contributed by atoms with Gasteiger partial charge in [0.15, 0.2) is 0 Å². The second-order valence-electron chi connectivity index (χ2n) is 3.97. The molecule has 1 saturated carbocycles. The molecule has 68 valence electrons. The van der Waals surface area contributed by atoms with Gasteiger partial charge in [-0.3, -0.25) is 5.32 Å². The molecule has 12 heavy (non-hydrogen) atoms. The van der Waals surface area contributed by atoms with Crippen LogP contribution in [0, 0.1) is 17.2 Å². The van der Waals surface area contributed by atoms with Crippen molar-refractivity contribution >= 4 is 0 Å². The van der Waals surface area contributed by atoms with E-state index in [9.17, 15) is 0 Å². The first-order valence-electron chi connectivity index (χ1n) is 4.89. The van der Waals surface area contributed by atoms with Crippen LogP contribution in [0.3, 0.4) is 0 Å². The Kier molecular flexibility index (Phi) is 3.55. The molecule has 1 aliphatic rings. The van der Waals surface area contributed by atoms with Crippen LogP contribution in [-0.2, 0) is 0 Å². The van der Waals surface area contributed by atoms with Crippen LogP contribution in [0.15, 0.2) is 0 Å². The molecule has 2 heteroatoms. The molecule has 0 aromatic carbocycles. The van der Waals surface area contributed by atoms with Crippen LogP contribution in [-0.4, -0.2) is 12.1 Å². The summed E-state index contributed by atoms with van der Waals surface area (Å²) in [5.41, 5.74) is 0. The Morgan fingerprint density at radius 1 is 1.33 bits per heavy atom. The topological polar surface area (TPSA) is 35.8 Å². The molecule has 0 aromatic rings. The maximum atomic E-state index is 8.92. The van der Waals surface area contributed by atoms with E-state index >= 15 is 0 Å². The Bertz CT molecular complexity index is 163. The maximum Gasteiger partial charge on any atom is 0.0983 e. The van der Waals surface area contributed by atoms with Gasteiger partial charge in [-0.05, 0) is 32.6 Å². The van der Waals surface area contributed by atoms with E-state index in [-0.39, 0.29) is 6.04 Å². The molecule has 1 unspecified atom stereocenters. The molecule has 0 bridgehead atoms. The standard InChI is InChI=1S/C10H18N2/c1-8(2)12-10(7-11)9-5-3-4-6-9/h8-10,12H,3-6H2,1-2H3. The third kappa shape index (κ3) is 2.49. The Morgan fingerprint density at radius 3 is 2.33 bits per heavy atom. The third-order valence-electron chi connectivity index (χ3n) is 2.52. The van der Waals surface area contributed by atoms with Gasteiger partial charge >= 0.3 is 0 Å². The molecule has 0 aliphatic heterocycles. The second-order valence-corrected chi connectivity index (χ2v) is 3.97. The summed E-state index contributed by atoms with van der Waals surface area (Å²) in [6.45, 7) is 4.19. The van der Waals surface area contributed by atoms with Crippen LogP contribution in [0.25, 0.3) is 0 Å². The largest absolute Gasteiger partial charge is 0.299 e. The molecule has 1 atom stereocenters. The van der Waals surface area contributed by atoms with Gasteiger partial charge in [0.05, 0.1) is 12.1 Å². The molecular formula is C10H18N2. The fourth-order valence-corrected chi connectivity index (χ4v) is 1.93. The first-order chi connectivity index (χ1) is 5.74. The predicted octanol–water partition coefficient (Wildman–Crippen LogP) is 2.07. The van der Waals surface area contributed by atoms with Gasteiger partial charge in [-0.15, -0.1) is 0 Å². The number of hydrogen-bond acceptors (Lipinski definition) is 2. The summed E-state index contributed by atoms with van der Waals surface area (Å²) in [6.07, 6.45) is 5.08. The van der Waals surface area contributed by atoms with Crippen molar-refractivity contribution in [1.29, 1.82) is 5.26 Å². The van der Waals surface area contributed by atoms with E-state index in [1.165, 1.54) is 25.7 Å². The summed E-state index contributed by atoms with van der Waals surface area (Å²) in [5, 5.41) is 12.2. The lowest BCUT2D eigenvalue weighted by molar-refractivity contribution is 0.395. The van der Waals surface area contributed by atoms with Crippen LogP contribution in [0.1, 0.15) is 39.5 Å². The van der Waals surface area contributed by atoms with E-state index in [1.807, 2.05) is 0 Å². The lowest BCUT2D eigenvalue weighted by atomic mass is 9.99. The number of nitrogens with zero attached hydrogens (tertiary/aromatic N) is 1. The van der Waals surface area contributed by atoms with Crippen molar-refractivity contribution in [3.63, 3.8) is 0 Å². The minimum atomic E-state index is 0.0903. The SMILES string of the molecule is CC(C)NC(C#N)C1CCCC1. The summed E-state index contributed by atoms with van der Waals surface area (Å²) in [4.78, 5) is 0. The lowest BCUT2D eigenvalue weighted by Crippen LogP contribution is -2.38. The summed E-state index contributed by atoms with van der Waals surface area (Å²) in [7, 11) is 0. The van der Waals surface area contributed by atoms with Crippen molar-refractivity contribution in [2.45, 2.75) is 51.6 Å². The van der Waals surface area contributed by atoms with E-state index in [0.717, 1.165) is 0 Å². The molecule has 1 aliphatic carbocycles. The number of nitriles is 1. The molecule has 2 nitrogen and oxygen atoms in total. The number of nitrogens with one attached hydrogen (secondary N) is 1. The van der Waals surface area contributed by atoms with E-state index < -0.39 is 0 Å². The minimum Gasteiger partial charge on any atom is -0.299 e. The van der Waals surface area contributed by atoms with Gasteiger partial charge in [-0.2, -0.15) is 5.26 Å². The molecule has 1 rings (SSSR count). The Labute approximate surface area is 75.0 Å². The van der Waals surface area contributed by atoms with Crippen LogP contribution < -0.4 is 5.32 Å². The second kappa shape index (κ2) is 4.47. The van der Waals surface area contributed by atoms with Gasteiger partial charge in [0.2, 0.25) is 0 Å². The van der Waals surface area contributed by atoms with Crippen molar-refractivity contribution in [2.24, 2.45) is 5.92 Å². The molecule has 0 heterocycles. The summed E-state index contributed by atoms with van der Waals surface area (Å²) >= 11 is 0. The molecule has 0 saturated heterocycles. The van der Waals surface area contributed by atoms with Crippen molar-refractivity contribution in [2.75, 3.05) is 0 Å². The van der Waals surface area contributed by atoms with Crippen LogP contribution >= 0.6 is 0 Å². The highest BCUT2D eigenvalue weighted by molar-refractivity contribution is 4.97. The van der Waals surface area contributed by atoms with Crippen LogP contribution in [0.4, 0.5) is 0 Å². The number of rotatable bonds is 3. The van der Waals surface area contributed by atoms with Crippen molar-refractivity contribution < 1.29 is 0 Å².